The fourth-order valence-corrected chi connectivity index (χ4v) is 5.86. The van der Waals surface area contributed by atoms with Crippen LogP contribution in [-0.4, -0.2) is 55.9 Å². The molecule has 14 heteroatoms. The molecule has 0 amide bonds. The van der Waals surface area contributed by atoms with Crippen LogP contribution in [0.15, 0.2) is 119 Å². The largest absolute Gasteiger partial charge is 0.295 e. The fraction of sp³-hybridized carbons (Fsp3) is 0. The summed E-state index contributed by atoms with van der Waals surface area (Å²) in [7, 11) is -9.45. The van der Waals surface area contributed by atoms with Gasteiger partial charge in [-0.3, -0.25) is 9.11 Å². The number of hydrogen-bond donors (Lipinski definition) is 2. The minimum absolute atomic E-state index is 0.0540. The van der Waals surface area contributed by atoms with Gasteiger partial charge >= 0.3 is 0 Å². The predicted octanol–water partition coefficient (Wildman–Crippen LogP) is 4.85. The van der Waals surface area contributed by atoms with Gasteiger partial charge in [-0.2, -0.15) is 36.6 Å². The summed E-state index contributed by atoms with van der Waals surface area (Å²) >= 11 is 0. The van der Waals surface area contributed by atoms with E-state index < -0.39 is 30.0 Å². The summed E-state index contributed by atoms with van der Waals surface area (Å²) in [5.41, 5.74) is 3.39. The highest BCUT2D eigenvalue weighted by Gasteiger charge is 2.19. The SMILES string of the molecule is O=S(=O)(O)c1cc(-n2ncc(-c3ccccc3)n2)ccc1/C=C/c1ccc(-n2ncc(-c3ccccc3)n2)cc1S(=O)(=O)O. The zero-order chi connectivity index (χ0) is 30.9. The van der Waals surface area contributed by atoms with Gasteiger partial charge in [0.05, 0.1) is 23.8 Å². The molecule has 2 aromatic heterocycles. The molecule has 6 rings (SSSR count). The molecule has 0 aliphatic rings. The molecule has 0 bridgehead atoms. The Balaban J connectivity index is 1.34. The van der Waals surface area contributed by atoms with Gasteiger partial charge in [-0.1, -0.05) is 84.9 Å². The van der Waals surface area contributed by atoms with Crippen molar-refractivity contribution in [3.63, 3.8) is 0 Å². The highest BCUT2D eigenvalue weighted by molar-refractivity contribution is 7.86. The quantitative estimate of drug-likeness (QED) is 0.176. The Kier molecular flexibility index (Phi) is 7.48. The van der Waals surface area contributed by atoms with Crippen molar-refractivity contribution >= 4 is 32.4 Å². The summed E-state index contributed by atoms with van der Waals surface area (Å²) in [6.45, 7) is 0. The molecule has 4 aromatic carbocycles. The van der Waals surface area contributed by atoms with Crippen LogP contribution in [-0.2, 0) is 20.2 Å². The lowest BCUT2D eigenvalue weighted by molar-refractivity contribution is 0.480. The topological polar surface area (TPSA) is 170 Å². The Bertz CT molecular complexity index is 2070. The summed E-state index contributed by atoms with van der Waals surface area (Å²) in [6, 6.07) is 26.9. The van der Waals surface area contributed by atoms with Gasteiger partial charge < -0.3 is 0 Å². The van der Waals surface area contributed by atoms with E-state index >= 15 is 0 Å². The first-order chi connectivity index (χ1) is 21.1. The monoisotopic (exact) mass is 626 g/mol. The lowest BCUT2D eigenvalue weighted by Gasteiger charge is -2.08. The van der Waals surface area contributed by atoms with E-state index in [0.717, 1.165) is 11.1 Å². The van der Waals surface area contributed by atoms with E-state index in [1.54, 1.807) is 12.1 Å². The van der Waals surface area contributed by atoms with Gasteiger partial charge in [-0.25, -0.2) is 0 Å². The molecule has 0 radical (unpaired) electrons. The molecule has 0 saturated carbocycles. The Morgan fingerprint density at radius 3 is 1.30 bits per heavy atom. The second-order valence-corrected chi connectivity index (χ2v) is 12.3. The molecule has 0 fully saturated rings. The van der Waals surface area contributed by atoms with Crippen molar-refractivity contribution in [2.75, 3.05) is 0 Å². The van der Waals surface area contributed by atoms with Crippen LogP contribution in [0.1, 0.15) is 11.1 Å². The summed E-state index contributed by atoms with van der Waals surface area (Å²) in [4.78, 5) is 1.55. The van der Waals surface area contributed by atoms with Crippen molar-refractivity contribution in [1.29, 1.82) is 0 Å². The molecule has 44 heavy (non-hydrogen) atoms. The summed E-state index contributed by atoms with van der Waals surface area (Å²) in [6.07, 6.45) is 5.67. The van der Waals surface area contributed by atoms with Gasteiger partial charge in [0.1, 0.15) is 21.2 Å². The Labute approximate surface area is 252 Å². The zero-order valence-corrected chi connectivity index (χ0v) is 24.2. The first-order valence-electron chi connectivity index (χ1n) is 12.9. The summed E-state index contributed by atoms with van der Waals surface area (Å²) < 4.78 is 69.3. The van der Waals surface area contributed by atoms with E-state index in [1.807, 2.05) is 60.7 Å². The van der Waals surface area contributed by atoms with Crippen LogP contribution in [0.25, 0.3) is 46.0 Å². The van der Waals surface area contributed by atoms with Crippen LogP contribution in [0.3, 0.4) is 0 Å². The highest BCUT2D eigenvalue weighted by atomic mass is 32.2. The van der Waals surface area contributed by atoms with Crippen molar-refractivity contribution in [2.45, 2.75) is 9.79 Å². The van der Waals surface area contributed by atoms with Gasteiger partial charge in [0.15, 0.2) is 0 Å². The van der Waals surface area contributed by atoms with Crippen LogP contribution < -0.4 is 0 Å². The normalized spacial score (nSPS) is 12.1. The average Bonchev–Trinajstić information content (AvgIpc) is 3.71. The lowest BCUT2D eigenvalue weighted by Crippen LogP contribution is -2.06. The van der Waals surface area contributed by atoms with E-state index in [2.05, 4.69) is 20.4 Å². The van der Waals surface area contributed by atoms with E-state index in [0.29, 0.717) is 11.4 Å². The third-order valence-corrected chi connectivity index (χ3v) is 8.40. The Hall–Kier alpha value is -5.28. The predicted molar refractivity (Wildman–Crippen MR) is 162 cm³/mol. The van der Waals surface area contributed by atoms with Gasteiger partial charge in [0.25, 0.3) is 20.2 Å². The lowest BCUT2D eigenvalue weighted by atomic mass is 10.1. The summed E-state index contributed by atoms with van der Waals surface area (Å²) in [5.74, 6) is 0. The van der Waals surface area contributed by atoms with Crippen molar-refractivity contribution in [2.24, 2.45) is 0 Å². The summed E-state index contributed by atoms with van der Waals surface area (Å²) in [5, 5.41) is 17.2. The molecule has 220 valence electrons. The van der Waals surface area contributed by atoms with Crippen molar-refractivity contribution in [3.8, 4) is 33.9 Å². The van der Waals surface area contributed by atoms with Gasteiger partial charge in [0, 0.05) is 11.1 Å². The third kappa shape index (κ3) is 6.09. The number of nitrogens with zero attached hydrogens (tertiary/aromatic N) is 6. The molecule has 2 N–H and O–H groups in total. The zero-order valence-electron chi connectivity index (χ0n) is 22.6. The second kappa shape index (κ2) is 11.4. The molecule has 0 atom stereocenters. The molecule has 12 nitrogen and oxygen atoms in total. The average molecular weight is 627 g/mol. The molecule has 0 aliphatic carbocycles. The molecular weight excluding hydrogens is 605 g/mol. The van der Waals surface area contributed by atoms with Gasteiger partial charge in [-0.05, 0) is 35.4 Å². The number of aromatic nitrogens is 6. The van der Waals surface area contributed by atoms with E-state index in [9.17, 15) is 25.9 Å². The van der Waals surface area contributed by atoms with Gasteiger partial charge in [-0.15, -0.1) is 10.2 Å². The standard InChI is InChI=1S/C30H22N6O6S2/c37-43(38,39)29-17-25(35-31-19-27(33-35)21-7-3-1-4-8-21)15-13-23(29)11-12-24-14-16-26(18-30(24)44(40,41)42)36-32-20-28(34-36)22-9-5-2-6-10-22/h1-20H,(H,37,38,39)(H,40,41,42)/b12-11+. The molecule has 6 aromatic rings. The van der Waals surface area contributed by atoms with Crippen LogP contribution in [0, 0.1) is 0 Å². The van der Waals surface area contributed by atoms with Crippen LogP contribution in [0.2, 0.25) is 0 Å². The first kappa shape index (κ1) is 28.8. The van der Waals surface area contributed by atoms with E-state index in [4.69, 9.17) is 0 Å². The van der Waals surface area contributed by atoms with Crippen molar-refractivity contribution in [1.82, 2.24) is 30.0 Å². The fourth-order valence-electron chi connectivity index (χ4n) is 4.45. The minimum atomic E-state index is -4.72. The third-order valence-electron chi connectivity index (χ3n) is 6.58. The molecule has 0 aliphatic heterocycles. The van der Waals surface area contributed by atoms with Crippen LogP contribution >= 0.6 is 0 Å². The van der Waals surface area contributed by atoms with E-state index in [1.165, 1.54) is 58.4 Å². The first-order valence-corrected chi connectivity index (χ1v) is 15.8. The maximum Gasteiger partial charge on any atom is 0.295 e. The number of benzene rings is 4. The highest BCUT2D eigenvalue weighted by Crippen LogP contribution is 2.26. The Morgan fingerprint density at radius 1 is 0.545 bits per heavy atom. The minimum Gasteiger partial charge on any atom is -0.282 e. The van der Waals surface area contributed by atoms with Crippen molar-refractivity contribution in [3.05, 3.63) is 121 Å². The number of hydrogen-bond acceptors (Lipinski definition) is 8. The smallest absolute Gasteiger partial charge is 0.282 e. The maximum absolute atomic E-state index is 12.3. The van der Waals surface area contributed by atoms with Crippen LogP contribution in [0.4, 0.5) is 0 Å². The molecule has 0 spiro atoms. The molecule has 2 heterocycles. The maximum atomic E-state index is 12.3. The molecule has 0 unspecified atom stereocenters. The van der Waals surface area contributed by atoms with Crippen LogP contribution in [0.5, 0.6) is 0 Å². The van der Waals surface area contributed by atoms with Crippen molar-refractivity contribution < 1.29 is 25.9 Å². The Morgan fingerprint density at radius 2 is 0.932 bits per heavy atom. The second-order valence-electron chi connectivity index (χ2n) is 9.50. The molecular formula is C30H22N6O6S2. The molecule has 0 saturated heterocycles. The van der Waals surface area contributed by atoms with E-state index in [-0.39, 0.29) is 22.5 Å². The number of rotatable bonds is 8. The van der Waals surface area contributed by atoms with Gasteiger partial charge in [0.2, 0.25) is 0 Å².